The van der Waals surface area contributed by atoms with Crippen LogP contribution in [0, 0.1) is 6.92 Å². The summed E-state index contributed by atoms with van der Waals surface area (Å²) in [6, 6.07) is 0. The van der Waals surface area contributed by atoms with Crippen LogP contribution in [0.3, 0.4) is 0 Å². The number of likely N-dealkylation sites (tertiary alicyclic amines) is 1. The predicted octanol–water partition coefficient (Wildman–Crippen LogP) is 1.58. The van der Waals surface area contributed by atoms with E-state index in [1.807, 2.05) is 11.8 Å². The maximum absolute atomic E-state index is 12.3. The van der Waals surface area contributed by atoms with Gasteiger partial charge in [0.2, 0.25) is 0 Å². The number of hydrogen-bond donors (Lipinski definition) is 1. The summed E-state index contributed by atoms with van der Waals surface area (Å²) in [5, 5.41) is 0.977. The standard InChI is InChI=1S/C12H19N3OS/c1-9-11(17-10(14-9)5-6-13)12(16)15-7-3-2-4-8-15/h2-8,13H2,1H3. The molecule has 0 radical (unpaired) electrons. The van der Waals surface area contributed by atoms with Gasteiger partial charge in [0.25, 0.3) is 5.91 Å². The normalized spacial score (nSPS) is 16.2. The third kappa shape index (κ3) is 2.84. The predicted molar refractivity (Wildman–Crippen MR) is 69.4 cm³/mol. The highest BCUT2D eigenvalue weighted by molar-refractivity contribution is 7.13. The van der Waals surface area contributed by atoms with Gasteiger partial charge in [-0.25, -0.2) is 4.98 Å². The zero-order valence-electron chi connectivity index (χ0n) is 10.2. The zero-order valence-corrected chi connectivity index (χ0v) is 11.1. The minimum atomic E-state index is 0.156. The third-order valence-corrected chi connectivity index (χ3v) is 4.24. The average molecular weight is 253 g/mol. The summed E-state index contributed by atoms with van der Waals surface area (Å²) in [5.41, 5.74) is 6.37. The van der Waals surface area contributed by atoms with E-state index in [0.717, 1.165) is 47.9 Å². The second-order valence-electron chi connectivity index (χ2n) is 4.41. The lowest BCUT2D eigenvalue weighted by molar-refractivity contribution is 0.0728. The molecule has 4 nitrogen and oxygen atoms in total. The molecular weight excluding hydrogens is 234 g/mol. The lowest BCUT2D eigenvalue weighted by atomic mass is 10.1. The average Bonchev–Trinajstić information content (AvgIpc) is 2.71. The van der Waals surface area contributed by atoms with Crippen molar-refractivity contribution in [2.75, 3.05) is 19.6 Å². The van der Waals surface area contributed by atoms with Gasteiger partial charge in [-0.15, -0.1) is 11.3 Å². The monoisotopic (exact) mass is 253 g/mol. The molecule has 1 aromatic heterocycles. The van der Waals surface area contributed by atoms with E-state index in [4.69, 9.17) is 5.73 Å². The Bertz CT molecular complexity index is 396. The molecule has 2 rings (SSSR count). The van der Waals surface area contributed by atoms with Crippen molar-refractivity contribution in [2.45, 2.75) is 32.6 Å². The Morgan fingerprint density at radius 2 is 2.12 bits per heavy atom. The fourth-order valence-corrected chi connectivity index (χ4v) is 3.17. The minimum Gasteiger partial charge on any atom is -0.338 e. The van der Waals surface area contributed by atoms with Gasteiger partial charge in [-0.1, -0.05) is 0 Å². The van der Waals surface area contributed by atoms with E-state index in [1.54, 1.807) is 0 Å². The molecular formula is C12H19N3OS. The lowest BCUT2D eigenvalue weighted by Crippen LogP contribution is -2.35. The van der Waals surface area contributed by atoms with Crippen LogP contribution < -0.4 is 5.73 Å². The smallest absolute Gasteiger partial charge is 0.265 e. The van der Waals surface area contributed by atoms with Gasteiger partial charge in [0.15, 0.2) is 0 Å². The highest BCUT2D eigenvalue weighted by Crippen LogP contribution is 2.22. The van der Waals surface area contributed by atoms with Crippen molar-refractivity contribution in [1.29, 1.82) is 0 Å². The minimum absolute atomic E-state index is 0.156. The summed E-state index contributed by atoms with van der Waals surface area (Å²) in [7, 11) is 0. The maximum atomic E-state index is 12.3. The highest BCUT2D eigenvalue weighted by Gasteiger charge is 2.22. The Balaban J connectivity index is 2.12. The summed E-state index contributed by atoms with van der Waals surface area (Å²) in [6.45, 7) is 4.28. The molecule has 0 atom stereocenters. The number of aromatic nitrogens is 1. The fraction of sp³-hybridized carbons (Fsp3) is 0.667. The molecule has 1 aromatic rings. The molecule has 0 aromatic carbocycles. The molecule has 94 valence electrons. The van der Waals surface area contributed by atoms with Crippen LogP contribution in [-0.4, -0.2) is 35.4 Å². The van der Waals surface area contributed by atoms with Gasteiger partial charge in [-0.3, -0.25) is 4.79 Å². The first-order valence-electron chi connectivity index (χ1n) is 6.18. The molecule has 1 saturated heterocycles. The fourth-order valence-electron chi connectivity index (χ4n) is 2.12. The van der Waals surface area contributed by atoms with Crippen molar-refractivity contribution in [3.05, 3.63) is 15.6 Å². The Labute approximate surface area is 106 Å². The molecule has 0 saturated carbocycles. The van der Waals surface area contributed by atoms with Crippen molar-refractivity contribution < 1.29 is 4.79 Å². The number of rotatable bonds is 3. The highest BCUT2D eigenvalue weighted by atomic mass is 32.1. The quantitative estimate of drug-likeness (QED) is 0.889. The molecule has 0 aliphatic carbocycles. The van der Waals surface area contributed by atoms with Crippen LogP contribution in [0.4, 0.5) is 0 Å². The van der Waals surface area contributed by atoms with E-state index in [9.17, 15) is 4.79 Å². The lowest BCUT2D eigenvalue weighted by Gasteiger charge is -2.26. The number of nitrogens with zero attached hydrogens (tertiary/aromatic N) is 2. The van der Waals surface area contributed by atoms with Gasteiger partial charge in [0.05, 0.1) is 10.7 Å². The molecule has 1 amide bonds. The number of amides is 1. The maximum Gasteiger partial charge on any atom is 0.265 e. The van der Waals surface area contributed by atoms with Crippen molar-refractivity contribution in [1.82, 2.24) is 9.88 Å². The van der Waals surface area contributed by atoms with Crippen LogP contribution in [0.15, 0.2) is 0 Å². The Morgan fingerprint density at radius 3 is 2.76 bits per heavy atom. The van der Waals surface area contributed by atoms with Crippen LogP contribution in [0.1, 0.15) is 39.6 Å². The van der Waals surface area contributed by atoms with Crippen LogP contribution in [0.5, 0.6) is 0 Å². The van der Waals surface area contributed by atoms with Crippen molar-refractivity contribution in [3.8, 4) is 0 Å². The number of nitrogens with two attached hydrogens (primary N) is 1. The van der Waals surface area contributed by atoms with Gasteiger partial charge in [-0.2, -0.15) is 0 Å². The first kappa shape index (κ1) is 12.5. The zero-order chi connectivity index (χ0) is 12.3. The van der Waals surface area contributed by atoms with E-state index >= 15 is 0 Å². The van der Waals surface area contributed by atoms with Crippen LogP contribution in [0.25, 0.3) is 0 Å². The molecule has 0 bridgehead atoms. The molecule has 0 spiro atoms. The second-order valence-corrected chi connectivity index (χ2v) is 5.50. The first-order valence-corrected chi connectivity index (χ1v) is 6.99. The van der Waals surface area contributed by atoms with E-state index < -0.39 is 0 Å². The van der Waals surface area contributed by atoms with Crippen LogP contribution >= 0.6 is 11.3 Å². The van der Waals surface area contributed by atoms with E-state index in [-0.39, 0.29) is 5.91 Å². The summed E-state index contributed by atoms with van der Waals surface area (Å²) in [4.78, 5) is 19.5. The molecule has 1 fully saturated rings. The van der Waals surface area contributed by atoms with Crippen LogP contribution in [0.2, 0.25) is 0 Å². The van der Waals surface area contributed by atoms with Gasteiger partial charge in [-0.05, 0) is 32.7 Å². The van der Waals surface area contributed by atoms with Gasteiger partial charge in [0, 0.05) is 19.5 Å². The SMILES string of the molecule is Cc1nc(CCN)sc1C(=O)N1CCCCC1. The van der Waals surface area contributed by atoms with E-state index in [1.165, 1.54) is 17.8 Å². The summed E-state index contributed by atoms with van der Waals surface area (Å²) < 4.78 is 0. The molecule has 1 aliphatic rings. The number of aryl methyl sites for hydroxylation is 1. The van der Waals surface area contributed by atoms with Crippen molar-refractivity contribution in [2.24, 2.45) is 5.73 Å². The Hall–Kier alpha value is -0.940. The Morgan fingerprint density at radius 1 is 1.41 bits per heavy atom. The van der Waals surface area contributed by atoms with Gasteiger partial charge < -0.3 is 10.6 Å². The number of thiazole rings is 1. The van der Waals surface area contributed by atoms with E-state index in [2.05, 4.69) is 4.98 Å². The number of carbonyl (C=O) groups is 1. The molecule has 17 heavy (non-hydrogen) atoms. The number of hydrogen-bond acceptors (Lipinski definition) is 4. The summed E-state index contributed by atoms with van der Waals surface area (Å²) in [5.74, 6) is 0.156. The number of carbonyl (C=O) groups excluding carboxylic acids is 1. The number of piperidine rings is 1. The molecule has 2 N–H and O–H groups in total. The topological polar surface area (TPSA) is 59.2 Å². The largest absolute Gasteiger partial charge is 0.338 e. The molecule has 2 heterocycles. The first-order chi connectivity index (χ1) is 8.22. The molecule has 1 aliphatic heterocycles. The molecule has 5 heteroatoms. The van der Waals surface area contributed by atoms with Crippen molar-refractivity contribution >= 4 is 17.2 Å². The third-order valence-electron chi connectivity index (χ3n) is 3.04. The summed E-state index contributed by atoms with van der Waals surface area (Å²) in [6.07, 6.45) is 4.25. The second kappa shape index (κ2) is 5.60. The molecule has 0 unspecified atom stereocenters. The Kier molecular flexibility index (Phi) is 4.12. The van der Waals surface area contributed by atoms with Crippen molar-refractivity contribution in [3.63, 3.8) is 0 Å². The van der Waals surface area contributed by atoms with Crippen LogP contribution in [-0.2, 0) is 6.42 Å². The van der Waals surface area contributed by atoms with Gasteiger partial charge in [0.1, 0.15) is 4.88 Å². The summed E-state index contributed by atoms with van der Waals surface area (Å²) >= 11 is 1.50. The van der Waals surface area contributed by atoms with Gasteiger partial charge >= 0.3 is 0 Å². The van der Waals surface area contributed by atoms with E-state index in [0.29, 0.717) is 6.54 Å².